The molecule has 76 valence electrons. The van der Waals surface area contributed by atoms with Crippen molar-refractivity contribution in [2.24, 2.45) is 0 Å². The van der Waals surface area contributed by atoms with Crippen LogP contribution >= 0.6 is 0 Å². The molecule has 0 saturated heterocycles. The van der Waals surface area contributed by atoms with Crippen LogP contribution in [-0.4, -0.2) is 16.3 Å². The molecule has 4 nitrogen and oxygen atoms in total. The van der Waals surface area contributed by atoms with Gasteiger partial charge in [-0.15, -0.1) is 0 Å². The third-order valence-electron chi connectivity index (χ3n) is 1.97. The number of hydrogen-bond donors (Lipinski definition) is 0. The lowest BCUT2D eigenvalue weighted by molar-refractivity contribution is -0.121. The van der Waals surface area contributed by atoms with Crippen LogP contribution in [0.15, 0.2) is 36.4 Å². The van der Waals surface area contributed by atoms with E-state index in [4.69, 9.17) is 4.74 Å². The molecule has 1 aromatic carbocycles. The van der Waals surface area contributed by atoms with E-state index in [1.165, 1.54) is 0 Å². The Hall–Kier alpha value is -2.10. The molecule has 15 heavy (non-hydrogen) atoms. The number of hydrogen-bond acceptors (Lipinski definition) is 3. The first-order valence-electron chi connectivity index (χ1n) is 4.53. The highest BCUT2D eigenvalue weighted by Gasteiger charge is 2.07. The van der Waals surface area contributed by atoms with Crippen molar-refractivity contribution in [3.63, 3.8) is 0 Å². The smallest absolute Gasteiger partial charge is 0.299 e. The maximum absolute atomic E-state index is 10.3. The van der Waals surface area contributed by atoms with Gasteiger partial charge in [0.15, 0.2) is 0 Å². The number of rotatable bonds is 3. The lowest BCUT2D eigenvalue weighted by Gasteiger charge is -2.03. The highest BCUT2D eigenvalue weighted by Crippen LogP contribution is 2.18. The number of carbonyl (C=O) groups excluding carboxylic acids is 1. The van der Waals surface area contributed by atoms with E-state index in [9.17, 15) is 4.79 Å². The topological polar surface area (TPSA) is 44.1 Å². The SMILES string of the molecule is Cc1cc(OC=O)n(-c2ccccc2)n1. The van der Waals surface area contributed by atoms with Crippen molar-refractivity contribution in [3.8, 4) is 11.6 Å². The van der Waals surface area contributed by atoms with Crippen molar-refractivity contribution >= 4 is 6.47 Å². The zero-order valence-corrected chi connectivity index (χ0v) is 8.25. The van der Waals surface area contributed by atoms with Crippen LogP contribution in [0.3, 0.4) is 0 Å². The minimum atomic E-state index is 0.399. The predicted molar refractivity (Wildman–Crippen MR) is 55.0 cm³/mol. The van der Waals surface area contributed by atoms with Gasteiger partial charge in [-0.3, -0.25) is 4.79 Å². The minimum Gasteiger partial charge on any atom is -0.410 e. The molecule has 2 aromatic rings. The highest BCUT2D eigenvalue weighted by atomic mass is 16.5. The Labute approximate surface area is 87.1 Å². The third kappa shape index (κ3) is 1.88. The monoisotopic (exact) mass is 202 g/mol. The van der Waals surface area contributed by atoms with Crippen LogP contribution in [0.2, 0.25) is 0 Å². The van der Waals surface area contributed by atoms with Gasteiger partial charge in [-0.25, -0.2) is 4.68 Å². The van der Waals surface area contributed by atoms with E-state index in [0.29, 0.717) is 12.4 Å². The van der Waals surface area contributed by atoms with E-state index in [1.807, 2.05) is 37.3 Å². The van der Waals surface area contributed by atoms with Crippen molar-refractivity contribution in [1.82, 2.24) is 9.78 Å². The Morgan fingerprint density at radius 2 is 2.07 bits per heavy atom. The predicted octanol–water partition coefficient (Wildman–Crippen LogP) is 1.72. The molecule has 0 saturated carbocycles. The van der Waals surface area contributed by atoms with Crippen LogP contribution in [0.5, 0.6) is 5.88 Å². The normalized spacial score (nSPS) is 9.93. The fourth-order valence-corrected chi connectivity index (χ4v) is 1.36. The van der Waals surface area contributed by atoms with Gasteiger partial charge in [-0.1, -0.05) is 18.2 Å². The number of nitrogens with zero attached hydrogens (tertiary/aromatic N) is 2. The van der Waals surface area contributed by atoms with Crippen molar-refractivity contribution in [1.29, 1.82) is 0 Å². The second-order valence-electron chi connectivity index (χ2n) is 3.09. The largest absolute Gasteiger partial charge is 0.410 e. The van der Waals surface area contributed by atoms with E-state index in [-0.39, 0.29) is 0 Å². The van der Waals surface area contributed by atoms with Gasteiger partial charge in [0, 0.05) is 6.07 Å². The molecule has 1 heterocycles. The van der Waals surface area contributed by atoms with Gasteiger partial charge in [-0.05, 0) is 19.1 Å². The lowest BCUT2D eigenvalue weighted by atomic mass is 10.3. The summed E-state index contributed by atoms with van der Waals surface area (Å²) in [5, 5.41) is 4.23. The Kier molecular flexibility index (Phi) is 2.49. The fourth-order valence-electron chi connectivity index (χ4n) is 1.36. The lowest BCUT2D eigenvalue weighted by Crippen LogP contribution is -2.01. The number of para-hydroxylation sites is 1. The standard InChI is InChI=1S/C11H10N2O2/c1-9-7-11(15-8-14)13(12-9)10-5-3-2-4-6-10/h2-8H,1H3. The molecular weight excluding hydrogens is 192 g/mol. The van der Waals surface area contributed by atoms with Crippen molar-refractivity contribution in [3.05, 3.63) is 42.1 Å². The van der Waals surface area contributed by atoms with E-state index >= 15 is 0 Å². The van der Waals surface area contributed by atoms with Crippen molar-refractivity contribution in [2.75, 3.05) is 0 Å². The summed E-state index contributed by atoms with van der Waals surface area (Å²) in [6, 6.07) is 11.2. The van der Waals surface area contributed by atoms with Crippen molar-refractivity contribution in [2.45, 2.75) is 6.92 Å². The summed E-state index contributed by atoms with van der Waals surface area (Å²) < 4.78 is 6.42. The molecule has 0 radical (unpaired) electrons. The Morgan fingerprint density at radius 1 is 1.33 bits per heavy atom. The average molecular weight is 202 g/mol. The third-order valence-corrected chi connectivity index (χ3v) is 1.97. The quantitative estimate of drug-likeness (QED) is 0.712. The van der Waals surface area contributed by atoms with Gasteiger partial charge >= 0.3 is 0 Å². The molecule has 0 atom stereocenters. The molecule has 0 fully saturated rings. The molecule has 0 amide bonds. The summed E-state index contributed by atoms with van der Waals surface area (Å²) in [6.45, 7) is 2.24. The van der Waals surface area contributed by atoms with Crippen LogP contribution in [0.4, 0.5) is 0 Å². The highest BCUT2D eigenvalue weighted by molar-refractivity contribution is 5.45. The summed E-state index contributed by atoms with van der Waals surface area (Å²) in [5.74, 6) is 0.425. The van der Waals surface area contributed by atoms with Crippen LogP contribution in [-0.2, 0) is 4.79 Å². The maximum Gasteiger partial charge on any atom is 0.299 e. The van der Waals surface area contributed by atoms with Gasteiger partial charge in [-0.2, -0.15) is 5.10 Å². The summed E-state index contributed by atoms with van der Waals surface area (Å²) in [5.41, 5.74) is 1.66. The first kappa shape index (κ1) is 9.45. The van der Waals surface area contributed by atoms with Gasteiger partial charge in [0.25, 0.3) is 6.47 Å². The summed E-state index contributed by atoms with van der Waals surface area (Å²) >= 11 is 0. The van der Waals surface area contributed by atoms with Crippen molar-refractivity contribution < 1.29 is 9.53 Å². The maximum atomic E-state index is 10.3. The number of aromatic nitrogens is 2. The van der Waals surface area contributed by atoms with E-state index in [1.54, 1.807) is 10.7 Å². The summed E-state index contributed by atoms with van der Waals surface area (Å²) in [4.78, 5) is 10.3. The van der Waals surface area contributed by atoms with E-state index < -0.39 is 0 Å². The molecule has 0 bridgehead atoms. The van der Waals surface area contributed by atoms with Crippen LogP contribution in [0.1, 0.15) is 5.69 Å². The molecular formula is C11H10N2O2. The van der Waals surface area contributed by atoms with Gasteiger partial charge in [0.05, 0.1) is 11.4 Å². The Morgan fingerprint density at radius 3 is 2.73 bits per heavy atom. The zero-order chi connectivity index (χ0) is 10.7. The van der Waals surface area contributed by atoms with Gasteiger partial charge in [0.2, 0.25) is 5.88 Å². The van der Waals surface area contributed by atoms with E-state index in [2.05, 4.69) is 5.10 Å². The molecule has 0 N–H and O–H groups in total. The number of carbonyl (C=O) groups is 1. The second-order valence-corrected chi connectivity index (χ2v) is 3.09. The number of aryl methyl sites for hydroxylation is 1. The molecule has 4 heteroatoms. The average Bonchev–Trinajstić information content (AvgIpc) is 2.62. The summed E-state index contributed by atoms with van der Waals surface area (Å²) in [7, 11) is 0. The van der Waals surface area contributed by atoms with E-state index in [0.717, 1.165) is 11.4 Å². The molecule has 0 aliphatic heterocycles. The first-order valence-corrected chi connectivity index (χ1v) is 4.53. The Balaban J connectivity index is 2.47. The summed E-state index contributed by atoms with van der Waals surface area (Å²) in [6.07, 6.45) is 0. The van der Waals surface area contributed by atoms with Crippen LogP contribution < -0.4 is 4.74 Å². The molecule has 2 rings (SSSR count). The molecule has 0 aliphatic rings. The molecule has 0 unspecified atom stereocenters. The van der Waals surface area contributed by atoms with Crippen LogP contribution in [0, 0.1) is 6.92 Å². The number of ether oxygens (including phenoxy) is 1. The Bertz CT molecular complexity index is 463. The zero-order valence-electron chi connectivity index (χ0n) is 8.25. The molecule has 1 aromatic heterocycles. The second kappa shape index (κ2) is 3.96. The number of benzene rings is 1. The first-order chi connectivity index (χ1) is 7.31. The fraction of sp³-hybridized carbons (Fsp3) is 0.0909. The van der Waals surface area contributed by atoms with Gasteiger partial charge in [0.1, 0.15) is 0 Å². The molecule has 0 aliphatic carbocycles. The van der Waals surface area contributed by atoms with Gasteiger partial charge < -0.3 is 4.74 Å². The minimum absolute atomic E-state index is 0.399. The molecule has 0 spiro atoms. The van der Waals surface area contributed by atoms with Crippen LogP contribution in [0.25, 0.3) is 5.69 Å².